The van der Waals surface area contributed by atoms with E-state index >= 15 is 0 Å². The molecule has 1 aromatic heterocycles. The third-order valence-electron chi connectivity index (χ3n) is 3.90. The topological polar surface area (TPSA) is 49.8 Å². The molecule has 4 heteroatoms. The maximum Gasteiger partial charge on any atom is 0.224 e. The minimum atomic E-state index is 0.581. The van der Waals surface area contributed by atoms with Crippen LogP contribution in [0.3, 0.4) is 0 Å². The first-order valence-electron chi connectivity index (χ1n) is 7.77. The zero-order chi connectivity index (χ0) is 14.3. The van der Waals surface area contributed by atoms with E-state index in [2.05, 4.69) is 44.9 Å². The quantitative estimate of drug-likeness (QED) is 0.851. The third-order valence-corrected chi connectivity index (χ3v) is 3.90. The first-order chi connectivity index (χ1) is 10.4. The molecule has 4 nitrogen and oxygen atoms in total. The molecule has 1 aliphatic rings. The first kappa shape index (κ1) is 13.9. The summed E-state index contributed by atoms with van der Waals surface area (Å²) >= 11 is 0. The highest BCUT2D eigenvalue weighted by Crippen LogP contribution is 2.21. The van der Waals surface area contributed by atoms with E-state index in [1.165, 1.54) is 31.2 Å². The Labute approximate surface area is 126 Å². The molecule has 0 atom stereocenters. The molecule has 1 heterocycles. The van der Waals surface area contributed by atoms with Crippen molar-refractivity contribution in [2.45, 2.75) is 38.1 Å². The Bertz CT molecular complexity index is 550. The summed E-state index contributed by atoms with van der Waals surface area (Å²) in [6.45, 7) is 0.844. The van der Waals surface area contributed by atoms with Crippen molar-refractivity contribution in [1.29, 1.82) is 0 Å². The predicted octanol–water partition coefficient (Wildman–Crippen LogP) is 3.49. The fourth-order valence-corrected chi connectivity index (χ4v) is 2.77. The normalized spacial score (nSPS) is 15.0. The van der Waals surface area contributed by atoms with Gasteiger partial charge in [-0.2, -0.15) is 4.98 Å². The van der Waals surface area contributed by atoms with E-state index in [4.69, 9.17) is 0 Å². The van der Waals surface area contributed by atoms with Crippen LogP contribution < -0.4 is 10.6 Å². The summed E-state index contributed by atoms with van der Waals surface area (Å²) in [5, 5.41) is 6.79. The Kier molecular flexibility index (Phi) is 4.66. The number of nitrogens with zero attached hydrogens (tertiary/aromatic N) is 2. The molecule has 0 unspecified atom stereocenters. The predicted molar refractivity (Wildman–Crippen MR) is 86.5 cm³/mol. The lowest BCUT2D eigenvalue weighted by Gasteiger charge is -2.13. The van der Waals surface area contributed by atoms with Gasteiger partial charge in [-0.25, -0.2) is 4.98 Å². The van der Waals surface area contributed by atoms with Gasteiger partial charge in [-0.15, -0.1) is 0 Å². The molecule has 21 heavy (non-hydrogen) atoms. The number of hydrogen-bond donors (Lipinski definition) is 2. The Morgan fingerprint density at radius 1 is 1.05 bits per heavy atom. The van der Waals surface area contributed by atoms with Crippen LogP contribution in [-0.2, 0) is 6.42 Å². The van der Waals surface area contributed by atoms with Gasteiger partial charge in [0.2, 0.25) is 5.95 Å². The lowest BCUT2D eigenvalue weighted by molar-refractivity contribution is 0.750. The van der Waals surface area contributed by atoms with Gasteiger partial charge in [0.1, 0.15) is 5.82 Å². The zero-order valence-corrected chi connectivity index (χ0v) is 12.3. The highest BCUT2D eigenvalue weighted by atomic mass is 15.1. The van der Waals surface area contributed by atoms with E-state index in [-0.39, 0.29) is 0 Å². The fourth-order valence-electron chi connectivity index (χ4n) is 2.77. The molecule has 0 spiro atoms. The van der Waals surface area contributed by atoms with Crippen LogP contribution in [0.5, 0.6) is 0 Å². The molecule has 2 N–H and O–H groups in total. The third kappa shape index (κ3) is 4.18. The molecule has 0 aliphatic heterocycles. The first-order valence-corrected chi connectivity index (χ1v) is 7.77. The van der Waals surface area contributed by atoms with Gasteiger partial charge in [0, 0.05) is 18.8 Å². The Morgan fingerprint density at radius 2 is 1.86 bits per heavy atom. The van der Waals surface area contributed by atoms with Gasteiger partial charge in [-0.3, -0.25) is 0 Å². The maximum absolute atomic E-state index is 4.53. The average molecular weight is 282 g/mol. The molecule has 0 amide bonds. The minimum Gasteiger partial charge on any atom is -0.367 e. The zero-order valence-electron chi connectivity index (χ0n) is 12.3. The highest BCUT2D eigenvalue weighted by molar-refractivity contribution is 5.40. The molecule has 1 aromatic carbocycles. The highest BCUT2D eigenvalue weighted by Gasteiger charge is 2.14. The molecular formula is C17H22N4. The lowest BCUT2D eigenvalue weighted by Crippen LogP contribution is -2.16. The van der Waals surface area contributed by atoms with Crippen LogP contribution in [0.4, 0.5) is 11.8 Å². The molecule has 3 rings (SSSR count). The SMILES string of the molecule is c1ccc(CCNc2nccc(NC3CCCC3)n2)cc1. The monoisotopic (exact) mass is 282 g/mol. The van der Waals surface area contributed by atoms with Crippen LogP contribution in [0.15, 0.2) is 42.6 Å². The van der Waals surface area contributed by atoms with Gasteiger partial charge in [-0.1, -0.05) is 43.2 Å². The minimum absolute atomic E-state index is 0.581. The molecule has 1 fully saturated rings. The molecule has 0 radical (unpaired) electrons. The van der Waals surface area contributed by atoms with E-state index in [0.29, 0.717) is 12.0 Å². The largest absolute Gasteiger partial charge is 0.367 e. The van der Waals surface area contributed by atoms with E-state index < -0.39 is 0 Å². The number of nitrogens with one attached hydrogen (secondary N) is 2. The second-order valence-electron chi connectivity index (χ2n) is 5.55. The van der Waals surface area contributed by atoms with E-state index in [0.717, 1.165) is 18.8 Å². The van der Waals surface area contributed by atoms with Gasteiger partial charge in [0.05, 0.1) is 0 Å². The molecule has 1 aliphatic carbocycles. The molecule has 1 saturated carbocycles. The standard InChI is InChI=1S/C17H22N4/c1-2-6-14(7-3-1)10-12-18-17-19-13-11-16(21-17)20-15-8-4-5-9-15/h1-3,6-7,11,13,15H,4-5,8-10,12H2,(H2,18,19,20,21). The average Bonchev–Trinajstić information content (AvgIpc) is 3.02. The van der Waals surface area contributed by atoms with Crippen LogP contribution in [-0.4, -0.2) is 22.6 Å². The molecule has 0 saturated heterocycles. The van der Waals surface area contributed by atoms with E-state index in [9.17, 15) is 0 Å². The van der Waals surface area contributed by atoms with Crippen molar-refractivity contribution in [2.75, 3.05) is 17.2 Å². The van der Waals surface area contributed by atoms with Crippen LogP contribution in [0.25, 0.3) is 0 Å². The molecule has 0 bridgehead atoms. The lowest BCUT2D eigenvalue weighted by atomic mass is 10.1. The van der Waals surface area contributed by atoms with Gasteiger partial charge in [0.15, 0.2) is 0 Å². The van der Waals surface area contributed by atoms with Crippen molar-refractivity contribution in [1.82, 2.24) is 9.97 Å². The van der Waals surface area contributed by atoms with E-state index in [1.807, 2.05) is 18.3 Å². The van der Waals surface area contributed by atoms with Crippen molar-refractivity contribution in [3.05, 3.63) is 48.2 Å². The van der Waals surface area contributed by atoms with Crippen molar-refractivity contribution >= 4 is 11.8 Å². The maximum atomic E-state index is 4.53. The Balaban J connectivity index is 1.51. The van der Waals surface area contributed by atoms with Gasteiger partial charge < -0.3 is 10.6 Å². The second-order valence-corrected chi connectivity index (χ2v) is 5.55. The van der Waals surface area contributed by atoms with Crippen molar-refractivity contribution in [3.63, 3.8) is 0 Å². The summed E-state index contributed by atoms with van der Waals surface area (Å²) in [4.78, 5) is 8.82. The molecule has 2 aromatic rings. The van der Waals surface area contributed by atoms with E-state index in [1.54, 1.807) is 0 Å². The van der Waals surface area contributed by atoms with Crippen molar-refractivity contribution in [2.24, 2.45) is 0 Å². The Hall–Kier alpha value is -2.10. The van der Waals surface area contributed by atoms with Gasteiger partial charge >= 0.3 is 0 Å². The second kappa shape index (κ2) is 7.07. The number of anilines is 2. The summed E-state index contributed by atoms with van der Waals surface area (Å²) in [5.74, 6) is 1.63. The summed E-state index contributed by atoms with van der Waals surface area (Å²) in [6.07, 6.45) is 7.94. The molecule has 110 valence electrons. The fraction of sp³-hybridized carbons (Fsp3) is 0.412. The van der Waals surface area contributed by atoms with Crippen molar-refractivity contribution < 1.29 is 0 Å². The summed E-state index contributed by atoms with van der Waals surface area (Å²) in [5.41, 5.74) is 1.32. The Morgan fingerprint density at radius 3 is 2.67 bits per heavy atom. The van der Waals surface area contributed by atoms with Crippen LogP contribution in [0.2, 0.25) is 0 Å². The number of benzene rings is 1. The smallest absolute Gasteiger partial charge is 0.224 e. The summed E-state index contributed by atoms with van der Waals surface area (Å²) < 4.78 is 0. The van der Waals surface area contributed by atoms with Gasteiger partial charge in [-0.05, 0) is 30.9 Å². The van der Waals surface area contributed by atoms with Crippen LogP contribution >= 0.6 is 0 Å². The van der Waals surface area contributed by atoms with Crippen LogP contribution in [0.1, 0.15) is 31.2 Å². The number of rotatable bonds is 6. The van der Waals surface area contributed by atoms with Crippen molar-refractivity contribution in [3.8, 4) is 0 Å². The molecular weight excluding hydrogens is 260 g/mol. The van der Waals surface area contributed by atoms with Crippen LogP contribution in [0, 0.1) is 0 Å². The number of hydrogen-bond acceptors (Lipinski definition) is 4. The summed E-state index contributed by atoms with van der Waals surface area (Å²) in [7, 11) is 0. The number of aromatic nitrogens is 2. The summed E-state index contributed by atoms with van der Waals surface area (Å²) in [6, 6.07) is 13.0. The van der Waals surface area contributed by atoms with Gasteiger partial charge in [0.25, 0.3) is 0 Å².